The highest BCUT2D eigenvalue weighted by Gasteiger charge is 2.07. The highest BCUT2D eigenvalue weighted by atomic mass is 32.1. The smallest absolute Gasteiger partial charge is 0.131 e. The van der Waals surface area contributed by atoms with E-state index in [1.807, 2.05) is 24.3 Å². The lowest BCUT2D eigenvalue weighted by molar-refractivity contribution is 0.301. The Morgan fingerprint density at radius 3 is 2.50 bits per heavy atom. The van der Waals surface area contributed by atoms with E-state index in [1.165, 1.54) is 0 Å². The molecule has 1 aromatic heterocycles. The fourth-order valence-electron chi connectivity index (χ4n) is 1.86. The maximum absolute atomic E-state index is 5.99. The van der Waals surface area contributed by atoms with Crippen LogP contribution in [0.15, 0.2) is 29.6 Å². The van der Waals surface area contributed by atoms with Crippen molar-refractivity contribution in [2.24, 2.45) is 5.73 Å². The number of hydrogen-bond acceptors (Lipinski definition) is 4. The molecule has 0 spiro atoms. The van der Waals surface area contributed by atoms with Crippen LogP contribution in [-0.4, -0.2) is 4.98 Å². The summed E-state index contributed by atoms with van der Waals surface area (Å²) in [4.78, 5) is 4.56. The first-order chi connectivity index (χ1) is 9.60. The number of rotatable bonds is 6. The predicted octanol–water partition coefficient (Wildman–Crippen LogP) is 4.26. The van der Waals surface area contributed by atoms with Gasteiger partial charge in [-0.2, -0.15) is 0 Å². The van der Waals surface area contributed by atoms with Gasteiger partial charge in [-0.05, 0) is 24.1 Å². The number of nitrogens with zero attached hydrogens (tertiary/aromatic N) is 1. The van der Waals surface area contributed by atoms with Gasteiger partial charge >= 0.3 is 0 Å². The van der Waals surface area contributed by atoms with Crippen LogP contribution in [0.25, 0.3) is 0 Å². The van der Waals surface area contributed by atoms with Gasteiger partial charge in [0.2, 0.25) is 0 Å². The van der Waals surface area contributed by atoms with Crippen LogP contribution >= 0.6 is 11.3 Å². The van der Waals surface area contributed by atoms with Gasteiger partial charge < -0.3 is 10.5 Å². The number of hydrogen-bond donors (Lipinski definition) is 1. The van der Waals surface area contributed by atoms with Crippen LogP contribution in [0.1, 0.15) is 55.4 Å². The largest absolute Gasteiger partial charge is 0.487 e. The molecule has 0 radical (unpaired) electrons. The summed E-state index contributed by atoms with van der Waals surface area (Å²) in [5.74, 6) is 1.33. The molecule has 0 amide bonds. The lowest BCUT2D eigenvalue weighted by atomic mass is 10.1. The molecular weight excluding hydrogens is 268 g/mol. The summed E-state index contributed by atoms with van der Waals surface area (Å²) in [7, 11) is 0. The van der Waals surface area contributed by atoms with Gasteiger partial charge in [0.25, 0.3) is 0 Å². The number of nitrogens with two attached hydrogens (primary N) is 1. The first-order valence-corrected chi connectivity index (χ1v) is 7.90. The molecule has 0 unspecified atom stereocenters. The third kappa shape index (κ3) is 3.81. The molecule has 20 heavy (non-hydrogen) atoms. The van der Waals surface area contributed by atoms with Crippen molar-refractivity contribution in [3.8, 4) is 5.75 Å². The summed E-state index contributed by atoms with van der Waals surface area (Å²) in [5, 5.41) is 3.23. The minimum absolute atomic E-state index is 0.108. The van der Waals surface area contributed by atoms with E-state index in [0.717, 1.165) is 28.4 Å². The SMILES string of the molecule is CC[C@@H](N)c1ccc(OCc2csc(C(C)C)n2)cc1. The topological polar surface area (TPSA) is 48.1 Å². The van der Waals surface area contributed by atoms with E-state index in [4.69, 9.17) is 10.5 Å². The molecule has 108 valence electrons. The van der Waals surface area contributed by atoms with Gasteiger partial charge in [-0.15, -0.1) is 11.3 Å². The molecule has 2 N–H and O–H groups in total. The quantitative estimate of drug-likeness (QED) is 0.865. The Hall–Kier alpha value is -1.39. The Morgan fingerprint density at radius 1 is 1.25 bits per heavy atom. The molecular formula is C16H22N2OS. The zero-order chi connectivity index (χ0) is 14.5. The van der Waals surface area contributed by atoms with Gasteiger partial charge in [0.1, 0.15) is 12.4 Å². The van der Waals surface area contributed by atoms with Gasteiger partial charge in [0.05, 0.1) is 10.7 Å². The van der Waals surface area contributed by atoms with Crippen LogP contribution in [0.3, 0.4) is 0 Å². The van der Waals surface area contributed by atoms with Crippen molar-refractivity contribution in [2.75, 3.05) is 0 Å². The molecule has 2 aromatic rings. The van der Waals surface area contributed by atoms with Crippen molar-refractivity contribution >= 4 is 11.3 Å². The van der Waals surface area contributed by atoms with Crippen molar-refractivity contribution in [3.63, 3.8) is 0 Å². The molecule has 1 atom stereocenters. The van der Waals surface area contributed by atoms with Gasteiger partial charge in [-0.1, -0.05) is 32.9 Å². The summed E-state index contributed by atoms with van der Waals surface area (Å²) >= 11 is 1.69. The van der Waals surface area contributed by atoms with Crippen LogP contribution in [0, 0.1) is 0 Å². The second kappa shape index (κ2) is 6.86. The normalized spacial score (nSPS) is 12.7. The van der Waals surface area contributed by atoms with E-state index in [-0.39, 0.29) is 6.04 Å². The van der Waals surface area contributed by atoms with Crippen molar-refractivity contribution in [1.29, 1.82) is 0 Å². The Kier molecular flexibility index (Phi) is 5.15. The molecule has 0 aliphatic rings. The van der Waals surface area contributed by atoms with E-state index in [0.29, 0.717) is 12.5 Å². The van der Waals surface area contributed by atoms with Gasteiger partial charge in [0.15, 0.2) is 0 Å². The van der Waals surface area contributed by atoms with E-state index in [2.05, 4.69) is 31.1 Å². The Morgan fingerprint density at radius 2 is 1.95 bits per heavy atom. The second-order valence-electron chi connectivity index (χ2n) is 5.20. The fourth-order valence-corrected chi connectivity index (χ4v) is 2.68. The summed E-state index contributed by atoms with van der Waals surface area (Å²) in [6.45, 7) is 6.91. The van der Waals surface area contributed by atoms with Crippen molar-refractivity contribution < 1.29 is 4.74 Å². The molecule has 0 aliphatic carbocycles. The van der Waals surface area contributed by atoms with Crippen LogP contribution in [0.2, 0.25) is 0 Å². The highest BCUT2D eigenvalue weighted by molar-refractivity contribution is 7.09. The molecule has 0 fully saturated rings. The minimum atomic E-state index is 0.108. The van der Waals surface area contributed by atoms with Crippen LogP contribution in [0.5, 0.6) is 5.75 Å². The highest BCUT2D eigenvalue weighted by Crippen LogP contribution is 2.21. The number of thiazole rings is 1. The fraction of sp³-hybridized carbons (Fsp3) is 0.438. The van der Waals surface area contributed by atoms with E-state index in [1.54, 1.807) is 11.3 Å². The van der Waals surface area contributed by atoms with Crippen molar-refractivity contribution in [2.45, 2.75) is 45.8 Å². The summed E-state index contributed by atoms with van der Waals surface area (Å²) in [6, 6.07) is 8.12. The van der Waals surface area contributed by atoms with Gasteiger partial charge in [-0.25, -0.2) is 4.98 Å². The first kappa shape index (κ1) is 15.0. The third-order valence-corrected chi connectivity index (χ3v) is 4.39. The summed E-state index contributed by atoms with van der Waals surface area (Å²) in [6.07, 6.45) is 0.941. The van der Waals surface area contributed by atoms with Crippen LogP contribution in [0.4, 0.5) is 0 Å². The summed E-state index contributed by atoms with van der Waals surface area (Å²) in [5.41, 5.74) is 8.13. The molecule has 0 bridgehead atoms. The maximum atomic E-state index is 5.99. The summed E-state index contributed by atoms with van der Waals surface area (Å²) < 4.78 is 5.76. The molecule has 1 aromatic carbocycles. The Bertz CT molecular complexity index is 534. The number of benzene rings is 1. The van der Waals surface area contributed by atoms with Crippen LogP contribution < -0.4 is 10.5 Å². The second-order valence-corrected chi connectivity index (χ2v) is 6.09. The molecule has 0 saturated carbocycles. The molecule has 4 heteroatoms. The zero-order valence-corrected chi connectivity index (χ0v) is 13.1. The lowest BCUT2D eigenvalue weighted by Crippen LogP contribution is -2.08. The maximum Gasteiger partial charge on any atom is 0.131 e. The molecule has 1 heterocycles. The first-order valence-electron chi connectivity index (χ1n) is 7.02. The average molecular weight is 290 g/mol. The minimum Gasteiger partial charge on any atom is -0.487 e. The Balaban J connectivity index is 1.93. The van der Waals surface area contributed by atoms with Gasteiger partial charge in [0, 0.05) is 17.3 Å². The molecule has 3 nitrogen and oxygen atoms in total. The molecule has 2 rings (SSSR count). The Labute approximate surface area is 124 Å². The monoisotopic (exact) mass is 290 g/mol. The van der Waals surface area contributed by atoms with Gasteiger partial charge in [-0.3, -0.25) is 0 Å². The standard InChI is InChI=1S/C16H22N2OS/c1-4-15(17)12-5-7-14(8-6-12)19-9-13-10-20-16(18-13)11(2)3/h5-8,10-11,15H,4,9,17H2,1-3H3/t15-/m1/s1. The zero-order valence-electron chi connectivity index (χ0n) is 12.3. The lowest BCUT2D eigenvalue weighted by Gasteiger charge is -2.10. The van der Waals surface area contributed by atoms with Crippen molar-refractivity contribution in [1.82, 2.24) is 4.98 Å². The predicted molar refractivity (Wildman–Crippen MR) is 84.2 cm³/mol. The van der Waals surface area contributed by atoms with E-state index < -0.39 is 0 Å². The molecule has 0 saturated heterocycles. The number of ether oxygens (including phenoxy) is 1. The third-order valence-electron chi connectivity index (χ3n) is 3.20. The molecule has 0 aliphatic heterocycles. The van der Waals surface area contributed by atoms with Crippen molar-refractivity contribution in [3.05, 3.63) is 45.9 Å². The van der Waals surface area contributed by atoms with Crippen LogP contribution in [-0.2, 0) is 6.61 Å². The van der Waals surface area contributed by atoms with E-state index >= 15 is 0 Å². The number of aromatic nitrogens is 1. The van der Waals surface area contributed by atoms with E-state index in [9.17, 15) is 0 Å². The average Bonchev–Trinajstić information content (AvgIpc) is 2.94.